The number of piperazine rings is 2. The number of carbonyl (C=O) groups is 3. The molecule has 66 heavy (non-hydrogen) atoms. The lowest BCUT2D eigenvalue weighted by molar-refractivity contribution is -0.135. The van der Waals surface area contributed by atoms with Crippen LogP contribution in [0.3, 0.4) is 0 Å². The zero-order valence-corrected chi connectivity index (χ0v) is 43.0. The second-order valence-electron chi connectivity index (χ2n) is 17.2. The number of hydrogen-bond donors (Lipinski definition) is 3. The number of hydrogen-bond acceptors (Lipinski definition) is 11. The number of amides is 3. The van der Waals surface area contributed by atoms with Gasteiger partial charge in [-0.3, -0.25) is 19.4 Å². The lowest BCUT2D eigenvalue weighted by atomic mass is 10.0. The molecule has 3 aromatic carbocycles. The predicted molar refractivity (Wildman–Crippen MR) is 263 cm³/mol. The maximum absolute atomic E-state index is 13.4. The van der Waals surface area contributed by atoms with Gasteiger partial charge in [-0.15, -0.1) is 11.3 Å². The Bertz CT molecular complexity index is 2510. The average molecular weight is 1050 g/mol. The standard InChI is InChI=1S/C27H32Cl2N4O4S2.C17H25Cl2N3O4S/c1-18(2)15-22(31-26(34)24-16-19-5-3-4-6-23(19)38-24)27(35)33-13-11-32(12-14-33)10-9-30-39(36,37)25-8-7-20(28)17-21(25)29;1-17(2,3)26-16(23)22-10-8-21(9-11-22)7-6-20-27(24,25)15-5-4-13(18)12-14(15)19/h3-8,16-18,22,30H,9-15H2,1-2H3,(H,31,34);4-5,12,20H,6-11H2,1-3H3/t22-;/m0./s1. The number of sulfonamides is 2. The van der Waals surface area contributed by atoms with Crippen LogP contribution in [0.25, 0.3) is 10.1 Å². The Hall–Kier alpha value is -3.27. The Morgan fingerprint density at radius 2 is 1.18 bits per heavy atom. The van der Waals surface area contributed by atoms with E-state index in [0.29, 0.717) is 86.8 Å². The molecule has 0 spiro atoms. The third-order valence-corrected chi connectivity index (χ3v) is 15.9. The number of thiophene rings is 1. The molecule has 3 heterocycles. The molecule has 0 aliphatic carbocycles. The summed E-state index contributed by atoms with van der Waals surface area (Å²) >= 11 is 25.1. The van der Waals surface area contributed by atoms with Gasteiger partial charge >= 0.3 is 6.09 Å². The Morgan fingerprint density at radius 3 is 1.64 bits per heavy atom. The van der Waals surface area contributed by atoms with E-state index in [0.717, 1.165) is 10.1 Å². The Morgan fingerprint density at radius 1 is 0.697 bits per heavy atom. The van der Waals surface area contributed by atoms with Gasteiger partial charge in [0.25, 0.3) is 5.91 Å². The molecule has 2 aliphatic heterocycles. The van der Waals surface area contributed by atoms with Crippen molar-refractivity contribution in [2.75, 3.05) is 78.5 Å². The quantitative estimate of drug-likeness (QED) is 0.110. The number of nitrogens with one attached hydrogen (secondary N) is 3. The van der Waals surface area contributed by atoms with E-state index < -0.39 is 31.7 Å². The van der Waals surface area contributed by atoms with Crippen LogP contribution < -0.4 is 14.8 Å². The van der Waals surface area contributed by atoms with Gasteiger partial charge in [-0.25, -0.2) is 31.1 Å². The summed E-state index contributed by atoms with van der Waals surface area (Å²) in [4.78, 5) is 46.7. The number of benzene rings is 3. The lowest BCUT2D eigenvalue weighted by Crippen LogP contribution is -2.55. The first-order valence-electron chi connectivity index (χ1n) is 21.4. The first kappa shape index (κ1) is 53.7. The molecule has 1 aromatic heterocycles. The van der Waals surface area contributed by atoms with Gasteiger partial charge < -0.3 is 19.9 Å². The van der Waals surface area contributed by atoms with Crippen molar-refractivity contribution in [3.05, 3.63) is 91.7 Å². The van der Waals surface area contributed by atoms with E-state index in [1.54, 1.807) is 9.80 Å². The minimum atomic E-state index is -3.77. The van der Waals surface area contributed by atoms with E-state index in [9.17, 15) is 31.2 Å². The van der Waals surface area contributed by atoms with E-state index in [4.69, 9.17) is 51.1 Å². The maximum Gasteiger partial charge on any atom is 0.410 e. The molecular formula is C44H57Cl4N7O8S3. The summed E-state index contributed by atoms with van der Waals surface area (Å²) < 4.78 is 61.4. The molecule has 0 saturated carbocycles. The molecule has 3 N–H and O–H groups in total. The summed E-state index contributed by atoms with van der Waals surface area (Å²) in [5.41, 5.74) is -0.518. The zero-order valence-electron chi connectivity index (χ0n) is 37.5. The van der Waals surface area contributed by atoms with E-state index in [1.807, 2.05) is 65.0 Å². The number of fused-ring (bicyclic) bond motifs is 1. The van der Waals surface area contributed by atoms with Gasteiger partial charge in [0.2, 0.25) is 26.0 Å². The van der Waals surface area contributed by atoms with Crippen molar-refractivity contribution in [3.8, 4) is 0 Å². The second kappa shape index (κ2) is 23.8. The van der Waals surface area contributed by atoms with Crippen molar-refractivity contribution < 1.29 is 36.0 Å². The number of carbonyl (C=O) groups excluding carboxylic acids is 3. The van der Waals surface area contributed by atoms with Crippen LogP contribution in [0.4, 0.5) is 4.79 Å². The predicted octanol–water partition coefficient (Wildman–Crippen LogP) is 7.30. The molecular weight excluding hydrogens is 993 g/mol. The largest absolute Gasteiger partial charge is 0.444 e. The van der Waals surface area contributed by atoms with Gasteiger partial charge in [0.1, 0.15) is 21.4 Å². The van der Waals surface area contributed by atoms with Gasteiger partial charge in [-0.05, 0) is 87.0 Å². The fraction of sp³-hybridized carbons (Fsp3) is 0.477. The van der Waals surface area contributed by atoms with Gasteiger partial charge in [0.15, 0.2) is 0 Å². The van der Waals surface area contributed by atoms with Crippen LogP contribution in [0.2, 0.25) is 20.1 Å². The number of nitrogens with zero attached hydrogens (tertiary/aromatic N) is 4. The Balaban J connectivity index is 0.000000265. The molecule has 3 amide bonds. The van der Waals surface area contributed by atoms with Crippen molar-refractivity contribution in [2.45, 2.75) is 62.5 Å². The SMILES string of the molecule is CC(C)(C)OC(=O)N1CCN(CCNS(=O)(=O)c2ccc(Cl)cc2Cl)CC1.CC(C)C[C@H](NC(=O)c1cc2ccccc2s1)C(=O)N1CCN(CCNS(=O)(=O)c2ccc(Cl)cc2Cl)CC1. The highest BCUT2D eigenvalue weighted by atomic mass is 35.5. The minimum absolute atomic E-state index is 0.00307. The molecule has 2 aliphatic rings. The van der Waals surface area contributed by atoms with Crippen LogP contribution in [0.1, 0.15) is 50.7 Å². The average Bonchev–Trinajstić information content (AvgIpc) is 3.68. The summed E-state index contributed by atoms with van der Waals surface area (Å²) in [6.07, 6.45) is 0.227. The molecule has 1 atom stereocenters. The normalized spacial score (nSPS) is 15.9. The first-order chi connectivity index (χ1) is 31.0. The molecule has 6 rings (SSSR count). The van der Waals surface area contributed by atoms with Crippen molar-refractivity contribution in [3.63, 3.8) is 0 Å². The van der Waals surface area contributed by atoms with Crippen LogP contribution in [0.5, 0.6) is 0 Å². The van der Waals surface area contributed by atoms with Crippen LogP contribution in [0.15, 0.2) is 76.5 Å². The maximum atomic E-state index is 13.4. The van der Waals surface area contributed by atoms with E-state index in [1.165, 1.54) is 47.7 Å². The number of halogens is 4. The molecule has 0 radical (unpaired) electrons. The van der Waals surface area contributed by atoms with Crippen molar-refractivity contribution in [2.24, 2.45) is 5.92 Å². The molecule has 2 fully saturated rings. The summed E-state index contributed by atoms with van der Waals surface area (Å²) in [6, 6.07) is 17.6. The lowest BCUT2D eigenvalue weighted by Gasteiger charge is -2.36. The zero-order chi connectivity index (χ0) is 48.4. The van der Waals surface area contributed by atoms with Crippen LogP contribution in [-0.4, -0.2) is 145 Å². The molecule has 15 nitrogen and oxygen atoms in total. The van der Waals surface area contributed by atoms with Gasteiger partial charge in [0, 0.05) is 93.3 Å². The molecule has 22 heteroatoms. The third-order valence-electron chi connectivity index (χ3n) is 10.5. The van der Waals surface area contributed by atoms with E-state index in [-0.39, 0.29) is 56.8 Å². The van der Waals surface area contributed by atoms with Crippen LogP contribution >= 0.6 is 57.7 Å². The monoisotopic (exact) mass is 1050 g/mol. The van der Waals surface area contributed by atoms with Crippen molar-refractivity contribution in [1.29, 1.82) is 0 Å². The Labute approximate surface area is 412 Å². The highest BCUT2D eigenvalue weighted by molar-refractivity contribution is 7.90. The first-order valence-corrected chi connectivity index (χ1v) is 26.7. The fourth-order valence-electron chi connectivity index (χ4n) is 7.13. The van der Waals surface area contributed by atoms with E-state index in [2.05, 4.69) is 24.6 Å². The van der Waals surface area contributed by atoms with Crippen LogP contribution in [0, 0.1) is 5.92 Å². The third kappa shape index (κ3) is 15.9. The highest BCUT2D eigenvalue weighted by Gasteiger charge is 2.31. The molecule has 2 saturated heterocycles. The summed E-state index contributed by atoms with van der Waals surface area (Å²) in [7, 11) is -7.47. The second-order valence-corrected chi connectivity index (χ2v) is 23.5. The van der Waals surface area contributed by atoms with E-state index >= 15 is 0 Å². The van der Waals surface area contributed by atoms with Crippen LogP contribution in [-0.2, 0) is 29.6 Å². The smallest absolute Gasteiger partial charge is 0.410 e. The topological polar surface area (TPSA) is 178 Å². The van der Waals surface area contributed by atoms with Gasteiger partial charge in [-0.1, -0.05) is 78.5 Å². The Kier molecular flexibility index (Phi) is 19.4. The van der Waals surface area contributed by atoms with Gasteiger partial charge in [-0.2, -0.15) is 0 Å². The molecule has 0 bridgehead atoms. The summed E-state index contributed by atoms with van der Waals surface area (Å²) in [5, 5.41) is 4.88. The van der Waals surface area contributed by atoms with Crippen molar-refractivity contribution >= 4 is 106 Å². The minimum Gasteiger partial charge on any atom is -0.444 e. The van der Waals surface area contributed by atoms with Gasteiger partial charge in [0.05, 0.1) is 14.9 Å². The number of ether oxygens (including phenoxy) is 1. The van der Waals surface area contributed by atoms with Crippen molar-refractivity contribution in [1.82, 2.24) is 34.4 Å². The molecule has 362 valence electrons. The highest BCUT2D eigenvalue weighted by Crippen LogP contribution is 2.27. The fourth-order valence-corrected chi connectivity index (χ4v) is 11.7. The molecule has 4 aromatic rings. The summed E-state index contributed by atoms with van der Waals surface area (Å²) in [5.74, 6) is -0.0945. The summed E-state index contributed by atoms with van der Waals surface area (Å²) in [6.45, 7) is 15.7. The number of rotatable bonds is 15. The molecule has 0 unspecified atom stereocenters.